The predicted molar refractivity (Wildman–Crippen MR) is 68.9 cm³/mol. The van der Waals surface area contributed by atoms with Crippen LogP contribution >= 0.6 is 0 Å². The van der Waals surface area contributed by atoms with Crippen molar-refractivity contribution >= 4 is 5.84 Å². The summed E-state index contributed by atoms with van der Waals surface area (Å²) in [7, 11) is 0. The number of pyridine rings is 1. The largest absolute Gasteiger partial charge is 0.382 e. The van der Waals surface area contributed by atoms with Gasteiger partial charge in [0, 0.05) is 19.3 Å². The molecule has 0 radical (unpaired) electrons. The van der Waals surface area contributed by atoms with Gasteiger partial charge in [-0.15, -0.1) is 0 Å². The van der Waals surface area contributed by atoms with E-state index in [9.17, 15) is 0 Å². The summed E-state index contributed by atoms with van der Waals surface area (Å²) in [6.45, 7) is 5.58. The molecule has 1 aromatic rings. The lowest BCUT2D eigenvalue weighted by molar-refractivity contribution is 0.176. The first-order valence-corrected chi connectivity index (χ1v) is 6.17. The van der Waals surface area contributed by atoms with Crippen molar-refractivity contribution in [1.82, 2.24) is 9.88 Å². The number of nitrogens with one attached hydrogen (secondary N) is 1. The summed E-state index contributed by atoms with van der Waals surface area (Å²) in [5.74, 6) is 0.830. The molecule has 1 aliphatic rings. The van der Waals surface area contributed by atoms with Crippen LogP contribution in [0.3, 0.4) is 0 Å². The van der Waals surface area contributed by atoms with Crippen LogP contribution in [0.4, 0.5) is 0 Å². The molecule has 0 bridgehead atoms. The van der Waals surface area contributed by atoms with Gasteiger partial charge in [0.05, 0.1) is 0 Å². The normalized spacial score (nSPS) is 21.4. The van der Waals surface area contributed by atoms with Gasteiger partial charge in [0.15, 0.2) is 0 Å². The van der Waals surface area contributed by atoms with Crippen LogP contribution in [0.25, 0.3) is 0 Å². The summed E-state index contributed by atoms with van der Waals surface area (Å²) in [5, 5.41) is 7.39. The number of hydrogen-bond donors (Lipinski definition) is 2. The highest BCUT2D eigenvalue weighted by Gasteiger charge is 2.16. The predicted octanol–water partition coefficient (Wildman–Crippen LogP) is 1.60. The second-order valence-corrected chi connectivity index (χ2v) is 4.95. The van der Waals surface area contributed by atoms with Crippen LogP contribution in [0.2, 0.25) is 0 Å². The summed E-state index contributed by atoms with van der Waals surface area (Å²) < 4.78 is 0. The minimum absolute atomic E-state index is 0.0406. The van der Waals surface area contributed by atoms with Crippen molar-refractivity contribution in [2.45, 2.75) is 26.3 Å². The molecule has 0 saturated carbocycles. The fraction of sp³-hybridized carbons (Fsp3) is 0.538. The standard InChI is InChI=1S/C13H20N4/c1-10-3-2-6-17(8-10)9-11-4-5-16-12(7-11)13(14)15/h4-5,7,10H,2-3,6,8-9H2,1H3,(H3,14,15). The van der Waals surface area contributed by atoms with Gasteiger partial charge in [0.25, 0.3) is 0 Å². The van der Waals surface area contributed by atoms with Crippen LogP contribution in [0, 0.1) is 11.3 Å². The molecule has 1 saturated heterocycles. The van der Waals surface area contributed by atoms with Crippen LogP contribution < -0.4 is 5.73 Å². The average Bonchev–Trinajstić information content (AvgIpc) is 2.29. The molecule has 0 aliphatic carbocycles. The van der Waals surface area contributed by atoms with Gasteiger partial charge in [-0.1, -0.05) is 6.92 Å². The maximum absolute atomic E-state index is 7.39. The first-order chi connectivity index (χ1) is 8.15. The molecule has 0 spiro atoms. The van der Waals surface area contributed by atoms with Crippen LogP contribution in [0.1, 0.15) is 31.0 Å². The van der Waals surface area contributed by atoms with Gasteiger partial charge in [0.2, 0.25) is 0 Å². The number of nitrogens with two attached hydrogens (primary N) is 1. The van der Waals surface area contributed by atoms with E-state index in [-0.39, 0.29) is 5.84 Å². The summed E-state index contributed by atoms with van der Waals surface area (Å²) in [6.07, 6.45) is 4.36. The topological polar surface area (TPSA) is 66.0 Å². The monoisotopic (exact) mass is 232 g/mol. The van der Waals surface area contributed by atoms with Crippen molar-refractivity contribution < 1.29 is 0 Å². The van der Waals surface area contributed by atoms with Crippen molar-refractivity contribution in [3.8, 4) is 0 Å². The molecular formula is C13H20N4. The van der Waals surface area contributed by atoms with Crippen LogP contribution in [-0.2, 0) is 6.54 Å². The fourth-order valence-electron chi connectivity index (χ4n) is 2.41. The Kier molecular flexibility index (Phi) is 3.74. The van der Waals surface area contributed by atoms with Gasteiger partial charge < -0.3 is 5.73 Å². The number of piperidine rings is 1. The molecule has 1 aromatic heterocycles. The van der Waals surface area contributed by atoms with Gasteiger partial charge in [-0.05, 0) is 43.0 Å². The number of aromatic nitrogens is 1. The molecule has 0 aromatic carbocycles. The molecule has 4 nitrogen and oxygen atoms in total. The Hall–Kier alpha value is -1.42. The highest BCUT2D eigenvalue weighted by atomic mass is 15.1. The maximum atomic E-state index is 7.39. The molecule has 1 aliphatic heterocycles. The summed E-state index contributed by atoms with van der Waals surface area (Å²) in [5.41, 5.74) is 7.22. The van der Waals surface area contributed by atoms with Crippen molar-refractivity contribution in [3.05, 3.63) is 29.6 Å². The Bertz CT molecular complexity index is 402. The molecular weight excluding hydrogens is 212 g/mol. The van der Waals surface area contributed by atoms with E-state index >= 15 is 0 Å². The Labute approximate surface area is 102 Å². The average molecular weight is 232 g/mol. The highest BCUT2D eigenvalue weighted by Crippen LogP contribution is 2.17. The summed E-state index contributed by atoms with van der Waals surface area (Å²) in [6, 6.07) is 3.92. The third-order valence-corrected chi connectivity index (χ3v) is 3.25. The maximum Gasteiger partial charge on any atom is 0.141 e. The van der Waals surface area contributed by atoms with E-state index in [0.717, 1.165) is 19.0 Å². The lowest BCUT2D eigenvalue weighted by Crippen LogP contribution is -2.33. The van der Waals surface area contributed by atoms with Crippen molar-refractivity contribution in [2.75, 3.05) is 13.1 Å². The lowest BCUT2D eigenvalue weighted by atomic mass is 10.00. The lowest BCUT2D eigenvalue weighted by Gasteiger charge is -2.30. The van der Waals surface area contributed by atoms with Gasteiger partial charge in [-0.3, -0.25) is 15.3 Å². The first-order valence-electron chi connectivity index (χ1n) is 6.17. The van der Waals surface area contributed by atoms with Gasteiger partial charge in [-0.2, -0.15) is 0 Å². The zero-order valence-corrected chi connectivity index (χ0v) is 10.3. The third kappa shape index (κ3) is 3.27. The third-order valence-electron chi connectivity index (χ3n) is 3.25. The van der Waals surface area contributed by atoms with Crippen molar-refractivity contribution in [1.29, 1.82) is 5.41 Å². The van der Waals surface area contributed by atoms with Crippen molar-refractivity contribution in [3.63, 3.8) is 0 Å². The Morgan fingerprint density at radius 1 is 1.65 bits per heavy atom. The van der Waals surface area contributed by atoms with E-state index in [2.05, 4.69) is 16.8 Å². The highest BCUT2D eigenvalue weighted by molar-refractivity contribution is 5.93. The zero-order chi connectivity index (χ0) is 12.3. The zero-order valence-electron chi connectivity index (χ0n) is 10.3. The van der Waals surface area contributed by atoms with Gasteiger partial charge >= 0.3 is 0 Å². The van der Waals surface area contributed by atoms with E-state index in [1.165, 1.54) is 24.9 Å². The molecule has 2 rings (SSSR count). The molecule has 2 heterocycles. The van der Waals surface area contributed by atoms with Crippen LogP contribution in [0.5, 0.6) is 0 Å². The van der Waals surface area contributed by atoms with E-state index < -0.39 is 0 Å². The number of likely N-dealkylation sites (tertiary alicyclic amines) is 1. The minimum Gasteiger partial charge on any atom is -0.382 e. The van der Waals surface area contributed by atoms with Crippen LogP contribution in [0.15, 0.2) is 18.3 Å². The fourth-order valence-corrected chi connectivity index (χ4v) is 2.41. The Morgan fingerprint density at radius 3 is 3.18 bits per heavy atom. The second kappa shape index (κ2) is 5.27. The minimum atomic E-state index is 0.0406. The van der Waals surface area contributed by atoms with Gasteiger partial charge in [-0.25, -0.2) is 0 Å². The quantitative estimate of drug-likeness (QED) is 0.614. The molecule has 92 valence electrons. The van der Waals surface area contributed by atoms with Crippen LogP contribution in [-0.4, -0.2) is 28.8 Å². The Morgan fingerprint density at radius 2 is 2.47 bits per heavy atom. The molecule has 1 atom stereocenters. The molecule has 17 heavy (non-hydrogen) atoms. The second-order valence-electron chi connectivity index (χ2n) is 4.95. The summed E-state index contributed by atoms with van der Waals surface area (Å²) >= 11 is 0. The van der Waals surface area contributed by atoms with E-state index in [0.29, 0.717) is 5.69 Å². The number of rotatable bonds is 3. The number of hydrogen-bond acceptors (Lipinski definition) is 3. The van der Waals surface area contributed by atoms with E-state index in [4.69, 9.17) is 11.1 Å². The smallest absolute Gasteiger partial charge is 0.141 e. The van der Waals surface area contributed by atoms with Gasteiger partial charge in [0.1, 0.15) is 11.5 Å². The number of amidine groups is 1. The molecule has 0 amide bonds. The number of nitrogens with zero attached hydrogens (tertiary/aromatic N) is 2. The summed E-state index contributed by atoms with van der Waals surface area (Å²) in [4.78, 5) is 6.54. The SMILES string of the molecule is CC1CCCN(Cc2ccnc(C(=N)N)c2)C1. The molecule has 1 unspecified atom stereocenters. The Balaban J connectivity index is 2.02. The first kappa shape index (κ1) is 12.0. The molecule has 3 N–H and O–H groups in total. The number of nitrogen functional groups attached to an aromatic ring is 1. The van der Waals surface area contributed by atoms with E-state index in [1.807, 2.05) is 12.1 Å². The molecule has 1 fully saturated rings. The molecule has 4 heteroatoms. The van der Waals surface area contributed by atoms with Crippen molar-refractivity contribution in [2.24, 2.45) is 11.7 Å². The van der Waals surface area contributed by atoms with E-state index in [1.54, 1.807) is 6.20 Å².